The first-order valence-electron chi connectivity index (χ1n) is 7.40. The number of anilines is 1. The molecule has 1 heterocycles. The van der Waals surface area contributed by atoms with E-state index in [2.05, 4.69) is 53.4 Å². The van der Waals surface area contributed by atoms with Gasteiger partial charge in [-0.25, -0.2) is 0 Å². The average Bonchev–Trinajstić information content (AvgIpc) is 3.19. The monoisotopic (exact) mass is 264 g/mol. The van der Waals surface area contributed by atoms with Gasteiger partial charge in [-0.3, -0.25) is 4.90 Å². The average molecular weight is 264 g/mol. The zero-order valence-electron chi connectivity index (χ0n) is 11.7. The molecule has 1 saturated carbocycles. The van der Waals surface area contributed by atoms with Gasteiger partial charge in [0.05, 0.1) is 0 Å². The second-order valence-electron chi connectivity index (χ2n) is 6.33. The molecule has 0 aromatic heterocycles. The van der Waals surface area contributed by atoms with Crippen molar-refractivity contribution >= 4 is 5.69 Å². The van der Waals surface area contributed by atoms with Crippen LogP contribution in [-0.2, 0) is 18.5 Å². The van der Waals surface area contributed by atoms with Crippen LogP contribution in [0.2, 0.25) is 0 Å². The SMILES string of the molecule is Nc1ccc2c(c1)CN(Cc1ccccc1)CC21CC1. The summed E-state index contributed by atoms with van der Waals surface area (Å²) in [4.78, 5) is 2.57. The van der Waals surface area contributed by atoms with Crippen molar-refractivity contribution in [2.24, 2.45) is 0 Å². The molecular formula is C18H20N2. The Morgan fingerprint density at radius 3 is 2.60 bits per heavy atom. The molecule has 1 fully saturated rings. The summed E-state index contributed by atoms with van der Waals surface area (Å²) < 4.78 is 0. The van der Waals surface area contributed by atoms with Gasteiger partial charge in [0.25, 0.3) is 0 Å². The summed E-state index contributed by atoms with van der Waals surface area (Å²) in [6.07, 6.45) is 2.66. The van der Waals surface area contributed by atoms with Gasteiger partial charge in [-0.1, -0.05) is 36.4 Å². The summed E-state index contributed by atoms with van der Waals surface area (Å²) in [5, 5.41) is 0. The fourth-order valence-electron chi connectivity index (χ4n) is 3.60. The lowest BCUT2D eigenvalue weighted by molar-refractivity contribution is 0.213. The van der Waals surface area contributed by atoms with Crippen LogP contribution < -0.4 is 5.73 Å². The molecule has 102 valence electrons. The predicted octanol–water partition coefficient (Wildman–Crippen LogP) is 3.32. The Kier molecular flexibility index (Phi) is 2.61. The highest BCUT2D eigenvalue weighted by molar-refractivity contribution is 5.50. The zero-order chi connectivity index (χ0) is 13.6. The molecule has 0 atom stereocenters. The van der Waals surface area contributed by atoms with Crippen LogP contribution in [0.25, 0.3) is 0 Å². The predicted molar refractivity (Wildman–Crippen MR) is 82.3 cm³/mol. The fraction of sp³-hybridized carbons (Fsp3) is 0.333. The molecule has 2 aliphatic rings. The van der Waals surface area contributed by atoms with Gasteiger partial charge in [0.2, 0.25) is 0 Å². The number of nitrogens with two attached hydrogens (primary N) is 1. The highest BCUT2D eigenvalue weighted by Crippen LogP contribution is 2.52. The van der Waals surface area contributed by atoms with Crippen LogP contribution in [0.4, 0.5) is 5.69 Å². The van der Waals surface area contributed by atoms with Gasteiger partial charge < -0.3 is 5.73 Å². The van der Waals surface area contributed by atoms with Crippen molar-refractivity contribution in [3.05, 3.63) is 65.2 Å². The van der Waals surface area contributed by atoms with Crippen LogP contribution in [0, 0.1) is 0 Å². The van der Waals surface area contributed by atoms with Crippen LogP contribution in [0.5, 0.6) is 0 Å². The smallest absolute Gasteiger partial charge is 0.0317 e. The zero-order valence-corrected chi connectivity index (χ0v) is 11.7. The van der Waals surface area contributed by atoms with Gasteiger partial charge in [-0.2, -0.15) is 0 Å². The highest BCUT2D eigenvalue weighted by atomic mass is 15.1. The summed E-state index contributed by atoms with van der Waals surface area (Å²) in [6, 6.07) is 17.3. The van der Waals surface area contributed by atoms with E-state index in [0.717, 1.165) is 18.8 Å². The molecule has 1 aliphatic carbocycles. The third-order valence-electron chi connectivity index (χ3n) is 4.72. The molecule has 2 aromatic carbocycles. The third-order valence-corrected chi connectivity index (χ3v) is 4.72. The maximum absolute atomic E-state index is 5.97. The van der Waals surface area contributed by atoms with E-state index in [1.807, 2.05) is 0 Å². The van der Waals surface area contributed by atoms with E-state index < -0.39 is 0 Å². The molecule has 0 amide bonds. The lowest BCUT2D eigenvalue weighted by Crippen LogP contribution is -2.37. The largest absolute Gasteiger partial charge is 0.399 e. The van der Waals surface area contributed by atoms with Crippen LogP contribution in [0.3, 0.4) is 0 Å². The number of benzene rings is 2. The van der Waals surface area contributed by atoms with E-state index in [9.17, 15) is 0 Å². The van der Waals surface area contributed by atoms with Crippen LogP contribution in [-0.4, -0.2) is 11.4 Å². The number of hydrogen-bond donors (Lipinski definition) is 1. The fourth-order valence-corrected chi connectivity index (χ4v) is 3.60. The minimum Gasteiger partial charge on any atom is -0.399 e. The van der Waals surface area contributed by atoms with Crippen LogP contribution >= 0.6 is 0 Å². The summed E-state index contributed by atoms with van der Waals surface area (Å²) in [7, 11) is 0. The summed E-state index contributed by atoms with van der Waals surface area (Å²) >= 11 is 0. The van der Waals surface area contributed by atoms with Crippen molar-refractivity contribution in [1.82, 2.24) is 4.90 Å². The lowest BCUT2D eigenvalue weighted by atomic mass is 9.86. The first kappa shape index (κ1) is 12.0. The number of fused-ring (bicyclic) bond motifs is 2. The van der Waals surface area contributed by atoms with Gasteiger partial charge in [-0.05, 0) is 41.7 Å². The van der Waals surface area contributed by atoms with E-state index in [1.54, 1.807) is 5.56 Å². The van der Waals surface area contributed by atoms with Crippen LogP contribution in [0.1, 0.15) is 29.5 Å². The lowest BCUT2D eigenvalue weighted by Gasteiger charge is -2.35. The van der Waals surface area contributed by atoms with E-state index in [1.165, 1.54) is 30.5 Å². The number of rotatable bonds is 2. The summed E-state index contributed by atoms with van der Waals surface area (Å²) in [5.74, 6) is 0. The Morgan fingerprint density at radius 2 is 1.85 bits per heavy atom. The van der Waals surface area contributed by atoms with Crippen molar-refractivity contribution in [3.63, 3.8) is 0 Å². The quantitative estimate of drug-likeness (QED) is 0.843. The third kappa shape index (κ3) is 2.01. The standard InChI is InChI=1S/C18H20N2/c19-16-6-7-17-15(10-16)12-20(13-18(17)8-9-18)11-14-4-2-1-3-5-14/h1-7,10H,8-9,11-13,19H2. The van der Waals surface area contributed by atoms with Crippen molar-refractivity contribution in [1.29, 1.82) is 0 Å². The van der Waals surface area contributed by atoms with Gasteiger partial charge in [0, 0.05) is 30.7 Å². The van der Waals surface area contributed by atoms with Gasteiger partial charge >= 0.3 is 0 Å². The van der Waals surface area contributed by atoms with Crippen LogP contribution in [0.15, 0.2) is 48.5 Å². The maximum Gasteiger partial charge on any atom is 0.0317 e. The number of nitrogen functional groups attached to an aromatic ring is 1. The maximum atomic E-state index is 5.97. The summed E-state index contributed by atoms with van der Waals surface area (Å²) in [6.45, 7) is 3.26. The van der Waals surface area contributed by atoms with E-state index in [4.69, 9.17) is 5.73 Å². The molecule has 1 aliphatic heterocycles. The minimum atomic E-state index is 0.427. The molecule has 2 aromatic rings. The molecule has 0 radical (unpaired) electrons. The van der Waals surface area contributed by atoms with Gasteiger partial charge in [0.1, 0.15) is 0 Å². The topological polar surface area (TPSA) is 29.3 Å². The molecule has 0 bridgehead atoms. The first-order chi connectivity index (χ1) is 9.75. The van der Waals surface area contributed by atoms with E-state index >= 15 is 0 Å². The molecule has 20 heavy (non-hydrogen) atoms. The Morgan fingerprint density at radius 1 is 1.05 bits per heavy atom. The van der Waals surface area contributed by atoms with E-state index in [-0.39, 0.29) is 0 Å². The molecule has 2 heteroatoms. The number of nitrogens with zero attached hydrogens (tertiary/aromatic N) is 1. The minimum absolute atomic E-state index is 0.427. The Hall–Kier alpha value is -1.80. The molecule has 0 saturated heterocycles. The van der Waals surface area contributed by atoms with Gasteiger partial charge in [0.15, 0.2) is 0 Å². The molecule has 4 rings (SSSR count). The van der Waals surface area contributed by atoms with Crippen molar-refractivity contribution in [2.45, 2.75) is 31.3 Å². The molecule has 1 spiro atoms. The van der Waals surface area contributed by atoms with Crippen molar-refractivity contribution < 1.29 is 0 Å². The second kappa shape index (κ2) is 4.35. The second-order valence-corrected chi connectivity index (χ2v) is 6.33. The van der Waals surface area contributed by atoms with Gasteiger partial charge in [-0.15, -0.1) is 0 Å². The Bertz CT molecular complexity index is 629. The normalized spacial score (nSPS) is 19.8. The van der Waals surface area contributed by atoms with E-state index in [0.29, 0.717) is 5.41 Å². The Labute approximate surface area is 120 Å². The summed E-state index contributed by atoms with van der Waals surface area (Å²) in [5.41, 5.74) is 11.7. The van der Waals surface area contributed by atoms with Crippen molar-refractivity contribution in [2.75, 3.05) is 12.3 Å². The molecule has 0 unspecified atom stereocenters. The first-order valence-corrected chi connectivity index (χ1v) is 7.40. The number of hydrogen-bond acceptors (Lipinski definition) is 2. The molecule has 2 N–H and O–H groups in total. The van der Waals surface area contributed by atoms with Crippen molar-refractivity contribution in [3.8, 4) is 0 Å². The molecule has 2 nitrogen and oxygen atoms in total. The molecular weight excluding hydrogens is 244 g/mol. The highest BCUT2D eigenvalue weighted by Gasteiger charge is 2.48. The Balaban J connectivity index is 1.63.